The molecular weight excluding hydrogens is 310 g/mol. The van der Waals surface area contributed by atoms with Gasteiger partial charge in [-0.2, -0.15) is 0 Å². The first-order chi connectivity index (χ1) is 10.8. The van der Waals surface area contributed by atoms with Gasteiger partial charge in [0.15, 0.2) is 11.9 Å². The van der Waals surface area contributed by atoms with Crippen molar-refractivity contribution >= 4 is 5.78 Å². The highest BCUT2D eigenvalue weighted by Crippen LogP contribution is 2.30. The number of carbonyl (C=O) groups is 1. The molecule has 0 unspecified atom stereocenters. The lowest BCUT2D eigenvalue weighted by molar-refractivity contribution is -0.376. The summed E-state index contributed by atoms with van der Waals surface area (Å²) in [4.78, 5) is 11.8. The minimum atomic E-state index is -2.96. The number of ketones is 1. The molecule has 2 rings (SSSR count). The fraction of sp³-hybridized carbons (Fsp3) is 0.500. The first kappa shape index (κ1) is 17.8. The molecule has 0 amide bonds. The second-order valence-corrected chi connectivity index (χ2v) is 5.14. The monoisotopic (exact) mass is 329 g/mol. The number of nitrogens with two attached hydrogens (primary N) is 1. The topological polar surface area (TPSA) is 163 Å². The Kier molecular flexibility index (Phi) is 5.32. The highest BCUT2D eigenvalue weighted by molar-refractivity contribution is 5.99. The molecule has 23 heavy (non-hydrogen) atoms. The number of aliphatic hydroxyl groups is 5. The van der Waals surface area contributed by atoms with Gasteiger partial charge in [0, 0.05) is 0 Å². The predicted octanol–water partition coefficient (Wildman–Crippen LogP) is -2.67. The molecule has 1 fully saturated rings. The van der Waals surface area contributed by atoms with E-state index < -0.39 is 42.8 Å². The Balaban J connectivity index is 2.27. The van der Waals surface area contributed by atoms with Gasteiger partial charge in [-0.15, -0.1) is 0 Å². The van der Waals surface area contributed by atoms with E-state index in [1.807, 2.05) is 0 Å². The summed E-state index contributed by atoms with van der Waals surface area (Å²) >= 11 is 0. The van der Waals surface area contributed by atoms with Crippen LogP contribution in [0.3, 0.4) is 0 Å². The van der Waals surface area contributed by atoms with Crippen molar-refractivity contribution < 1.29 is 39.8 Å². The molecule has 0 aromatic heterocycles. The van der Waals surface area contributed by atoms with Gasteiger partial charge < -0.3 is 40.7 Å². The van der Waals surface area contributed by atoms with Gasteiger partial charge in [-0.25, -0.2) is 0 Å². The van der Waals surface area contributed by atoms with Gasteiger partial charge in [-0.3, -0.25) is 4.79 Å². The largest absolute Gasteiger partial charge is 0.461 e. The van der Waals surface area contributed by atoms with Gasteiger partial charge in [0.1, 0.15) is 18.0 Å². The third kappa shape index (κ3) is 3.35. The van der Waals surface area contributed by atoms with Crippen molar-refractivity contribution in [3.05, 3.63) is 29.8 Å². The van der Waals surface area contributed by atoms with Crippen LogP contribution >= 0.6 is 0 Å². The molecule has 0 bridgehead atoms. The SMILES string of the molecule is NCC(=O)c1ccccc1O[C@@H]1O[C@H](CO)[C@@H](O)C(O)(O)[C@H]1O. The summed E-state index contributed by atoms with van der Waals surface area (Å²) in [5.41, 5.74) is 5.43. The average Bonchev–Trinajstić information content (AvgIpc) is 2.55. The van der Waals surface area contributed by atoms with E-state index in [0.717, 1.165) is 0 Å². The van der Waals surface area contributed by atoms with E-state index in [0.29, 0.717) is 0 Å². The molecule has 9 nitrogen and oxygen atoms in total. The number of rotatable bonds is 5. The standard InChI is InChI=1S/C14H19NO8/c15-5-8(17)7-3-1-2-4-9(7)22-13-12(19)14(20,21)11(18)10(6-16)23-13/h1-4,10-13,16,18-21H,5-6,15H2/t10-,11-,12+,13-/m1/s1. The molecule has 1 aliphatic heterocycles. The zero-order chi connectivity index (χ0) is 17.2. The van der Waals surface area contributed by atoms with Crippen LogP contribution in [0.15, 0.2) is 24.3 Å². The summed E-state index contributed by atoms with van der Waals surface area (Å²) in [7, 11) is 0. The summed E-state index contributed by atoms with van der Waals surface area (Å²) in [5.74, 6) is -3.37. The first-order valence-electron chi connectivity index (χ1n) is 6.89. The molecule has 1 saturated heterocycles. The van der Waals surface area contributed by atoms with Gasteiger partial charge in [-0.1, -0.05) is 12.1 Å². The van der Waals surface area contributed by atoms with Crippen LogP contribution in [0.2, 0.25) is 0 Å². The average molecular weight is 329 g/mol. The lowest BCUT2D eigenvalue weighted by Crippen LogP contribution is -2.68. The zero-order valence-electron chi connectivity index (χ0n) is 12.1. The molecule has 1 aromatic carbocycles. The van der Waals surface area contributed by atoms with Gasteiger partial charge in [0.25, 0.3) is 0 Å². The van der Waals surface area contributed by atoms with Crippen LogP contribution in [0.1, 0.15) is 10.4 Å². The Morgan fingerprint density at radius 3 is 2.52 bits per heavy atom. The van der Waals surface area contributed by atoms with Crippen molar-refractivity contribution in [3.8, 4) is 5.75 Å². The second kappa shape index (κ2) is 6.89. The van der Waals surface area contributed by atoms with Gasteiger partial charge in [0.2, 0.25) is 12.1 Å². The molecule has 0 spiro atoms. The maximum absolute atomic E-state index is 11.8. The quantitative estimate of drug-likeness (QED) is 0.250. The van der Waals surface area contributed by atoms with Crippen molar-refractivity contribution in [1.82, 2.24) is 0 Å². The van der Waals surface area contributed by atoms with Gasteiger partial charge in [0.05, 0.1) is 18.7 Å². The molecule has 0 saturated carbocycles. The third-order valence-electron chi connectivity index (χ3n) is 3.59. The molecule has 0 radical (unpaired) electrons. The van der Waals surface area contributed by atoms with Crippen molar-refractivity contribution in [2.45, 2.75) is 30.4 Å². The summed E-state index contributed by atoms with van der Waals surface area (Å²) in [6.07, 6.45) is -7.00. The minimum absolute atomic E-state index is 0.0101. The smallest absolute Gasteiger partial charge is 0.232 e. The third-order valence-corrected chi connectivity index (χ3v) is 3.59. The van der Waals surface area contributed by atoms with E-state index in [1.54, 1.807) is 12.1 Å². The van der Waals surface area contributed by atoms with E-state index >= 15 is 0 Å². The van der Waals surface area contributed by atoms with E-state index in [1.165, 1.54) is 12.1 Å². The maximum Gasteiger partial charge on any atom is 0.232 e. The lowest BCUT2D eigenvalue weighted by atomic mass is 9.95. The molecule has 4 atom stereocenters. The highest BCUT2D eigenvalue weighted by atomic mass is 16.7. The van der Waals surface area contributed by atoms with Crippen molar-refractivity contribution in [1.29, 1.82) is 0 Å². The number of aliphatic hydroxyl groups excluding tert-OH is 3. The first-order valence-corrected chi connectivity index (χ1v) is 6.89. The number of ether oxygens (including phenoxy) is 2. The van der Waals surface area contributed by atoms with E-state index in [-0.39, 0.29) is 17.9 Å². The van der Waals surface area contributed by atoms with Crippen LogP contribution in [0.25, 0.3) is 0 Å². The number of hydrogen-bond donors (Lipinski definition) is 6. The number of para-hydroxylation sites is 1. The van der Waals surface area contributed by atoms with E-state index in [4.69, 9.17) is 20.3 Å². The molecule has 7 N–H and O–H groups in total. The molecule has 1 aliphatic rings. The second-order valence-electron chi connectivity index (χ2n) is 5.14. The molecule has 1 aromatic rings. The van der Waals surface area contributed by atoms with Crippen LogP contribution < -0.4 is 10.5 Å². The Hall–Kier alpha value is -1.59. The summed E-state index contributed by atoms with van der Waals surface area (Å²) in [5, 5.41) is 48.3. The number of hydrogen-bond acceptors (Lipinski definition) is 9. The van der Waals surface area contributed by atoms with Crippen LogP contribution in [0, 0.1) is 0 Å². The van der Waals surface area contributed by atoms with Gasteiger partial charge >= 0.3 is 0 Å². The Labute approximate surface area is 131 Å². The summed E-state index contributed by atoms with van der Waals surface area (Å²) in [6, 6.07) is 6.00. The van der Waals surface area contributed by atoms with Crippen LogP contribution in [-0.4, -0.2) is 74.9 Å². The van der Waals surface area contributed by atoms with Crippen molar-refractivity contribution in [2.75, 3.05) is 13.2 Å². The molecular formula is C14H19NO8. The fourth-order valence-electron chi connectivity index (χ4n) is 2.24. The van der Waals surface area contributed by atoms with E-state index in [9.17, 15) is 25.2 Å². The minimum Gasteiger partial charge on any atom is -0.461 e. The lowest BCUT2D eigenvalue weighted by Gasteiger charge is -2.44. The Morgan fingerprint density at radius 2 is 1.91 bits per heavy atom. The van der Waals surface area contributed by atoms with Crippen LogP contribution in [-0.2, 0) is 4.74 Å². The molecule has 9 heteroatoms. The fourth-order valence-corrected chi connectivity index (χ4v) is 2.24. The summed E-state index contributed by atoms with van der Waals surface area (Å²) < 4.78 is 10.5. The predicted molar refractivity (Wildman–Crippen MR) is 75.4 cm³/mol. The number of Topliss-reactive ketones (excluding diaryl/α,β-unsaturated/α-hetero) is 1. The molecule has 1 heterocycles. The Bertz CT molecular complexity index is 563. The highest BCUT2D eigenvalue weighted by Gasteiger charge is 2.55. The molecule has 0 aliphatic carbocycles. The van der Waals surface area contributed by atoms with Crippen LogP contribution in [0.5, 0.6) is 5.75 Å². The van der Waals surface area contributed by atoms with E-state index in [2.05, 4.69) is 0 Å². The number of carbonyl (C=O) groups excluding carboxylic acids is 1. The zero-order valence-corrected chi connectivity index (χ0v) is 12.1. The van der Waals surface area contributed by atoms with Crippen molar-refractivity contribution in [3.63, 3.8) is 0 Å². The normalized spacial score (nSPS) is 30.0. The summed E-state index contributed by atoms with van der Waals surface area (Å²) in [6.45, 7) is -1.00. The maximum atomic E-state index is 11.8. The molecule has 128 valence electrons. The van der Waals surface area contributed by atoms with Gasteiger partial charge in [-0.05, 0) is 12.1 Å². The Morgan fingerprint density at radius 1 is 1.26 bits per heavy atom. The van der Waals surface area contributed by atoms with Crippen molar-refractivity contribution in [2.24, 2.45) is 5.73 Å². The number of benzene rings is 1. The van der Waals surface area contributed by atoms with Crippen LogP contribution in [0.4, 0.5) is 0 Å².